The molecule has 320 valence electrons. The van der Waals surface area contributed by atoms with E-state index >= 15 is 0 Å². The molecule has 0 fully saturated rings. The first-order chi connectivity index (χ1) is 29.5. The number of fused-ring (bicyclic) bond motifs is 4. The molecule has 7 aromatic rings. The summed E-state index contributed by atoms with van der Waals surface area (Å²) in [4.78, 5) is 73.5. The Morgan fingerprint density at radius 2 is 1.71 bits per heavy atom. The van der Waals surface area contributed by atoms with Gasteiger partial charge in [-0.05, 0) is 48.9 Å². The molecule has 1 atom stereocenters. The van der Waals surface area contributed by atoms with E-state index in [2.05, 4.69) is 40.0 Å². The van der Waals surface area contributed by atoms with Crippen LogP contribution in [0, 0.1) is 0 Å². The number of nitrogens with one attached hydrogen (secondary N) is 1. The van der Waals surface area contributed by atoms with Crippen LogP contribution < -0.4 is 31.8 Å². The van der Waals surface area contributed by atoms with Crippen molar-refractivity contribution in [2.75, 3.05) is 23.4 Å². The molecule has 2 amide bonds. The van der Waals surface area contributed by atoms with Crippen molar-refractivity contribution < 1.29 is 52.5 Å². The van der Waals surface area contributed by atoms with Crippen LogP contribution >= 0.6 is 23.2 Å². The van der Waals surface area contributed by atoms with E-state index in [4.69, 9.17) is 44.2 Å². The summed E-state index contributed by atoms with van der Waals surface area (Å²) in [6, 6.07) is 9.15. The number of carbonyl (C=O) groups excluding carboxylic acids is 2. The van der Waals surface area contributed by atoms with Crippen molar-refractivity contribution in [1.29, 1.82) is 0 Å². The number of hydrogen-bond acceptors (Lipinski definition) is 15. The minimum absolute atomic E-state index is 0.0138. The third kappa shape index (κ3) is 10.2. The average molecular weight is 895 g/mol. The van der Waals surface area contributed by atoms with Crippen LogP contribution in [-0.4, -0.2) is 88.5 Å². The Balaban J connectivity index is 0.000000208. The highest BCUT2D eigenvalue weighted by atomic mass is 35.5. The number of halogens is 4. The molecule has 5 aromatic heterocycles. The van der Waals surface area contributed by atoms with Crippen molar-refractivity contribution in [1.82, 2.24) is 35.0 Å². The van der Waals surface area contributed by atoms with E-state index < -0.39 is 36.4 Å². The topological polar surface area (TPSA) is 300 Å². The van der Waals surface area contributed by atoms with Gasteiger partial charge in [0, 0.05) is 47.9 Å². The number of nitrogen functional groups attached to an aromatic ring is 2. The Morgan fingerprint density at radius 1 is 1.00 bits per heavy atom. The van der Waals surface area contributed by atoms with Gasteiger partial charge in [0.25, 0.3) is 11.8 Å². The SMILES string of the molecule is CN(Cc1cnc2nc(N)nc(N)c2n1)c1ccc(C(=O)N[C@@H](CCC(=O)O)C(=O)O)cc1.O=C(N=c1c(Cl)cn(O)cc1Cl)c1ccc(OC(F)F)c2oc3ccncc3c12. The molecule has 7 rings (SSSR count). The number of pyridine rings is 2. The zero-order valence-corrected chi connectivity index (χ0v) is 33.3. The Labute approximate surface area is 356 Å². The number of carboxylic acid groups (broad SMARTS) is 2. The van der Waals surface area contributed by atoms with Crippen LogP contribution in [0.25, 0.3) is 33.1 Å². The summed E-state index contributed by atoms with van der Waals surface area (Å²) in [6.07, 6.45) is 6.06. The van der Waals surface area contributed by atoms with Crippen molar-refractivity contribution in [3.63, 3.8) is 0 Å². The first-order valence-electron chi connectivity index (χ1n) is 17.7. The van der Waals surface area contributed by atoms with Crippen molar-refractivity contribution in [3.05, 3.63) is 106 Å². The number of carbonyl (C=O) groups is 4. The number of benzene rings is 2. The van der Waals surface area contributed by atoms with Gasteiger partial charge in [-0.2, -0.15) is 23.5 Å². The first kappa shape index (κ1) is 43.8. The maximum absolute atomic E-state index is 12.9. The number of anilines is 3. The number of amides is 2. The number of ether oxygens (including phenoxy) is 1. The van der Waals surface area contributed by atoms with Crippen molar-refractivity contribution >= 4 is 97.5 Å². The van der Waals surface area contributed by atoms with Crippen molar-refractivity contribution in [3.8, 4) is 5.75 Å². The number of carboxylic acids is 2. The van der Waals surface area contributed by atoms with Crippen LogP contribution in [0.1, 0.15) is 39.3 Å². The Hall–Kier alpha value is -7.72. The van der Waals surface area contributed by atoms with Gasteiger partial charge < -0.3 is 46.3 Å². The van der Waals surface area contributed by atoms with E-state index in [0.29, 0.717) is 39.1 Å². The van der Waals surface area contributed by atoms with Crippen LogP contribution in [0.15, 0.2) is 82.9 Å². The number of furan rings is 1. The molecule has 62 heavy (non-hydrogen) atoms. The molecule has 0 aliphatic carbocycles. The number of aliphatic carboxylic acids is 2. The standard InChI is InChI=1S/C20H22N8O5.C18H9Cl2F2N3O4/c1-28(9-11-8-23-17-15(24-11)16(21)26-20(22)27-17)12-4-2-10(3-5-12)18(31)25-13(19(32)33)6-7-14(29)30;19-10-6-25(27)7-11(20)15(10)24-17(26)8-1-2-13(29-18(21)22)16-14(8)9-5-23-4-3-12(9)28-16/h2-5,8,13H,6-7,9H2,1H3,(H,25,31)(H,29,30)(H,32,33)(H4,21,22,23,26,27);1-7,18,27H/t13-;/m0./s1. The predicted molar refractivity (Wildman–Crippen MR) is 218 cm³/mol. The fraction of sp³-hybridized carbons (Fsp3) is 0.158. The molecule has 0 unspecified atom stereocenters. The van der Waals surface area contributed by atoms with Crippen LogP contribution in [0.4, 0.5) is 26.2 Å². The number of nitrogens with zero attached hydrogens (tertiary/aromatic N) is 8. The largest absolute Gasteiger partial charge is 0.481 e. The number of nitrogens with two attached hydrogens (primary N) is 2. The van der Waals surface area contributed by atoms with Crippen LogP contribution in [0.5, 0.6) is 5.75 Å². The highest BCUT2D eigenvalue weighted by Crippen LogP contribution is 2.37. The lowest BCUT2D eigenvalue weighted by Crippen LogP contribution is -2.41. The molecule has 5 heterocycles. The summed E-state index contributed by atoms with van der Waals surface area (Å²) in [5.74, 6) is -3.90. The van der Waals surface area contributed by atoms with Gasteiger partial charge in [0.2, 0.25) is 5.95 Å². The molecule has 0 aliphatic rings. The number of aromatic nitrogens is 6. The average Bonchev–Trinajstić information content (AvgIpc) is 3.61. The number of alkyl halides is 2. The summed E-state index contributed by atoms with van der Waals surface area (Å²) < 4.78 is 36.2. The normalized spacial score (nSPS) is 11.5. The van der Waals surface area contributed by atoms with Gasteiger partial charge >= 0.3 is 18.6 Å². The molecule has 0 saturated heterocycles. The second-order valence-electron chi connectivity index (χ2n) is 13.0. The minimum Gasteiger partial charge on any atom is -0.481 e. The maximum atomic E-state index is 12.9. The maximum Gasteiger partial charge on any atom is 0.387 e. The van der Waals surface area contributed by atoms with E-state index in [0.717, 1.165) is 18.1 Å². The molecule has 20 nitrogen and oxygen atoms in total. The lowest BCUT2D eigenvalue weighted by atomic mass is 10.1. The first-order valence-corrected chi connectivity index (χ1v) is 18.5. The molecule has 0 spiro atoms. The van der Waals surface area contributed by atoms with Crippen LogP contribution in [-0.2, 0) is 16.1 Å². The van der Waals surface area contributed by atoms with Gasteiger partial charge in [-0.25, -0.2) is 19.8 Å². The van der Waals surface area contributed by atoms with E-state index in [9.17, 15) is 38.3 Å². The Kier molecular flexibility index (Phi) is 13.2. The molecular formula is C38H31Cl2F2N11O9. The monoisotopic (exact) mass is 893 g/mol. The molecule has 2 aromatic carbocycles. The summed E-state index contributed by atoms with van der Waals surface area (Å²) in [7, 11) is 1.82. The fourth-order valence-corrected chi connectivity index (χ4v) is 6.41. The highest BCUT2D eigenvalue weighted by molar-refractivity contribution is 6.34. The second kappa shape index (κ2) is 18.7. The second-order valence-corrected chi connectivity index (χ2v) is 13.8. The molecule has 0 saturated carbocycles. The summed E-state index contributed by atoms with van der Waals surface area (Å²) in [5, 5.41) is 30.1. The van der Waals surface area contributed by atoms with E-state index in [1.807, 2.05) is 11.9 Å². The lowest BCUT2D eigenvalue weighted by Gasteiger charge is -2.19. The third-order valence-corrected chi connectivity index (χ3v) is 9.26. The zero-order chi connectivity index (χ0) is 44.8. The lowest BCUT2D eigenvalue weighted by molar-refractivity contribution is -0.140. The van der Waals surface area contributed by atoms with Crippen molar-refractivity contribution in [2.45, 2.75) is 32.0 Å². The Morgan fingerprint density at radius 3 is 2.37 bits per heavy atom. The van der Waals surface area contributed by atoms with Gasteiger partial charge in [-0.15, -0.1) is 0 Å². The molecule has 8 N–H and O–H groups in total. The Bertz CT molecular complexity index is 2910. The molecule has 24 heteroatoms. The summed E-state index contributed by atoms with van der Waals surface area (Å²) >= 11 is 12.0. The zero-order valence-electron chi connectivity index (χ0n) is 31.7. The number of rotatable bonds is 12. The highest BCUT2D eigenvalue weighted by Gasteiger charge is 2.23. The van der Waals surface area contributed by atoms with E-state index in [-0.39, 0.29) is 67.9 Å². The van der Waals surface area contributed by atoms with E-state index in [1.54, 1.807) is 18.3 Å². The van der Waals surface area contributed by atoms with E-state index in [1.165, 1.54) is 42.7 Å². The molecular weight excluding hydrogens is 863 g/mol. The van der Waals surface area contributed by atoms with Crippen LogP contribution in [0.2, 0.25) is 10.0 Å². The van der Waals surface area contributed by atoms with Crippen molar-refractivity contribution in [2.24, 2.45) is 4.99 Å². The third-order valence-electron chi connectivity index (χ3n) is 8.71. The number of hydrogen-bond donors (Lipinski definition) is 6. The predicted octanol–water partition coefficient (Wildman–Crippen LogP) is 4.94. The van der Waals surface area contributed by atoms with Crippen LogP contribution in [0.3, 0.4) is 0 Å². The molecule has 0 aliphatic heterocycles. The van der Waals surface area contributed by atoms with Gasteiger partial charge in [0.15, 0.2) is 28.3 Å². The van der Waals surface area contributed by atoms with Gasteiger partial charge in [0.1, 0.15) is 17.0 Å². The minimum atomic E-state index is -3.08. The molecule has 0 bridgehead atoms. The van der Waals surface area contributed by atoms with Gasteiger partial charge in [-0.1, -0.05) is 23.2 Å². The molecule has 0 radical (unpaired) electrons. The quantitative estimate of drug-likeness (QED) is 0.0885. The van der Waals surface area contributed by atoms with Gasteiger partial charge in [-0.3, -0.25) is 19.4 Å². The smallest absolute Gasteiger partial charge is 0.387 e. The fourth-order valence-electron chi connectivity index (χ4n) is 5.87. The summed E-state index contributed by atoms with van der Waals surface area (Å²) in [5.41, 5.74) is 14.0. The van der Waals surface area contributed by atoms with Gasteiger partial charge in [0.05, 0.1) is 46.4 Å². The summed E-state index contributed by atoms with van der Waals surface area (Å²) in [6.45, 7) is -2.71.